The molecule has 0 saturated carbocycles. The first-order valence-corrected chi connectivity index (χ1v) is 6.44. The van der Waals surface area contributed by atoms with E-state index in [1.807, 2.05) is 13.8 Å². The average Bonchev–Trinajstić information content (AvgIpc) is 2.26. The molecule has 0 aliphatic heterocycles. The summed E-state index contributed by atoms with van der Waals surface area (Å²) < 4.78 is 5.26. The van der Waals surface area contributed by atoms with Crippen LogP contribution < -0.4 is 10.5 Å². The fourth-order valence-electron chi connectivity index (χ4n) is 2.18. The first kappa shape index (κ1) is 15.8. The second-order valence-electron chi connectivity index (χ2n) is 5.43. The van der Waals surface area contributed by atoms with Crippen LogP contribution in [0.4, 0.5) is 0 Å². The molecule has 0 amide bonds. The molecule has 19 heavy (non-hydrogen) atoms. The van der Waals surface area contributed by atoms with E-state index in [-0.39, 0.29) is 12.5 Å². The van der Waals surface area contributed by atoms with Gasteiger partial charge in [0.2, 0.25) is 0 Å². The molecule has 1 atom stereocenters. The summed E-state index contributed by atoms with van der Waals surface area (Å²) in [5.74, 6) is -0.154. The molecule has 1 rings (SSSR count). The van der Waals surface area contributed by atoms with Crippen LogP contribution in [0.25, 0.3) is 0 Å². The quantitative estimate of drug-likeness (QED) is 0.841. The number of carbonyl (C=O) groups is 1. The maximum atomic E-state index is 10.8. The van der Waals surface area contributed by atoms with Crippen LogP contribution in [0.2, 0.25) is 5.02 Å². The van der Waals surface area contributed by atoms with Crippen molar-refractivity contribution in [3.63, 3.8) is 0 Å². The van der Waals surface area contributed by atoms with Gasteiger partial charge in [-0.3, -0.25) is 4.79 Å². The number of rotatable bonds is 6. The van der Waals surface area contributed by atoms with Crippen molar-refractivity contribution in [1.29, 1.82) is 0 Å². The van der Waals surface area contributed by atoms with Crippen LogP contribution in [0.3, 0.4) is 0 Å². The van der Waals surface area contributed by atoms with Gasteiger partial charge in [-0.1, -0.05) is 25.4 Å². The van der Waals surface area contributed by atoms with Gasteiger partial charge in [0.1, 0.15) is 5.75 Å². The van der Waals surface area contributed by atoms with Gasteiger partial charge in [0.05, 0.1) is 13.5 Å². The minimum Gasteiger partial charge on any atom is -0.496 e. The summed E-state index contributed by atoms with van der Waals surface area (Å²) >= 11 is 5.97. The number of carboxylic acid groups (broad SMARTS) is 1. The highest BCUT2D eigenvalue weighted by Gasteiger charge is 2.26. The Morgan fingerprint density at radius 2 is 2.16 bits per heavy atom. The molecule has 0 saturated heterocycles. The Kier molecular flexibility index (Phi) is 5.20. The Labute approximate surface area is 118 Å². The van der Waals surface area contributed by atoms with Crippen molar-refractivity contribution in [3.8, 4) is 5.75 Å². The largest absolute Gasteiger partial charge is 0.496 e. The number of hydrogen-bond donors (Lipinski definition) is 2. The molecule has 106 valence electrons. The summed E-state index contributed by atoms with van der Waals surface area (Å²) in [4.78, 5) is 10.8. The van der Waals surface area contributed by atoms with E-state index >= 15 is 0 Å². The molecule has 0 aliphatic carbocycles. The van der Waals surface area contributed by atoms with Crippen LogP contribution in [-0.2, 0) is 4.79 Å². The predicted molar refractivity (Wildman–Crippen MR) is 75.6 cm³/mol. The van der Waals surface area contributed by atoms with Gasteiger partial charge in [-0.2, -0.15) is 0 Å². The number of aliphatic carboxylic acids is 1. The molecule has 0 aliphatic rings. The lowest BCUT2D eigenvalue weighted by molar-refractivity contribution is -0.139. The van der Waals surface area contributed by atoms with E-state index in [2.05, 4.69) is 0 Å². The zero-order valence-corrected chi connectivity index (χ0v) is 12.2. The van der Waals surface area contributed by atoms with Gasteiger partial charge in [-0.05, 0) is 30.0 Å². The molecule has 5 heteroatoms. The molecule has 0 bridgehead atoms. The summed E-state index contributed by atoms with van der Waals surface area (Å²) in [7, 11) is 1.57. The van der Waals surface area contributed by atoms with Crippen molar-refractivity contribution in [1.82, 2.24) is 0 Å². The summed E-state index contributed by atoms with van der Waals surface area (Å²) in [5, 5.41) is 9.48. The Bertz CT molecular complexity index is 460. The highest BCUT2D eigenvalue weighted by Crippen LogP contribution is 2.36. The molecule has 0 radical (unpaired) electrons. The molecule has 4 nitrogen and oxygen atoms in total. The lowest BCUT2D eigenvalue weighted by Gasteiger charge is -2.27. The maximum Gasteiger partial charge on any atom is 0.303 e. The normalized spacial score (nSPS) is 13.1. The zero-order chi connectivity index (χ0) is 14.6. The topological polar surface area (TPSA) is 72.5 Å². The van der Waals surface area contributed by atoms with Crippen molar-refractivity contribution in [2.45, 2.75) is 32.7 Å². The van der Waals surface area contributed by atoms with Gasteiger partial charge in [0.25, 0.3) is 0 Å². The summed E-state index contributed by atoms with van der Waals surface area (Å²) in [6, 6.07) is 4.95. The summed E-state index contributed by atoms with van der Waals surface area (Å²) in [6.07, 6.45) is 0.611. The van der Waals surface area contributed by atoms with E-state index in [0.717, 1.165) is 5.56 Å². The number of hydrogen-bond acceptors (Lipinski definition) is 3. The molecule has 0 aromatic heterocycles. The molecular formula is C14H20ClNO3. The van der Waals surface area contributed by atoms with E-state index in [9.17, 15) is 4.79 Å². The Hall–Kier alpha value is -1.26. The molecular weight excluding hydrogens is 266 g/mol. The van der Waals surface area contributed by atoms with Crippen LogP contribution >= 0.6 is 11.6 Å². The van der Waals surface area contributed by atoms with Gasteiger partial charge >= 0.3 is 5.97 Å². The molecule has 1 aromatic rings. The number of halogens is 1. The second kappa shape index (κ2) is 6.26. The summed E-state index contributed by atoms with van der Waals surface area (Å²) in [5.41, 5.74) is 6.58. The first-order chi connectivity index (χ1) is 8.75. The van der Waals surface area contributed by atoms with Crippen LogP contribution in [0, 0.1) is 5.41 Å². The van der Waals surface area contributed by atoms with E-state index in [4.69, 9.17) is 27.2 Å². The Balaban J connectivity index is 2.91. The third-order valence-corrected chi connectivity index (χ3v) is 3.23. The van der Waals surface area contributed by atoms with Gasteiger partial charge in [-0.15, -0.1) is 0 Å². The van der Waals surface area contributed by atoms with Crippen molar-refractivity contribution in [2.75, 3.05) is 7.11 Å². The molecule has 0 fully saturated rings. The van der Waals surface area contributed by atoms with Gasteiger partial charge in [0.15, 0.2) is 0 Å². The van der Waals surface area contributed by atoms with Crippen LogP contribution in [0.5, 0.6) is 5.75 Å². The van der Waals surface area contributed by atoms with E-state index < -0.39 is 11.4 Å². The van der Waals surface area contributed by atoms with Gasteiger partial charge in [-0.25, -0.2) is 0 Å². The van der Waals surface area contributed by atoms with E-state index in [1.165, 1.54) is 0 Å². The minimum absolute atomic E-state index is 0.0730. The second-order valence-corrected chi connectivity index (χ2v) is 5.87. The zero-order valence-electron chi connectivity index (χ0n) is 11.4. The number of nitrogens with two attached hydrogens (primary N) is 1. The SMILES string of the molecule is COc1ccc(Cl)cc1C(N)CC(C)(C)CC(=O)O. The average molecular weight is 286 g/mol. The third-order valence-electron chi connectivity index (χ3n) is 2.99. The minimum atomic E-state index is -0.824. The van der Waals surface area contributed by atoms with Crippen molar-refractivity contribution in [3.05, 3.63) is 28.8 Å². The third kappa shape index (κ3) is 4.73. The molecule has 1 aromatic carbocycles. The number of ether oxygens (including phenoxy) is 1. The number of methoxy groups -OCH3 is 1. The van der Waals surface area contributed by atoms with Crippen molar-refractivity contribution < 1.29 is 14.6 Å². The maximum absolute atomic E-state index is 10.8. The fraction of sp³-hybridized carbons (Fsp3) is 0.500. The number of benzene rings is 1. The Morgan fingerprint density at radius 1 is 1.53 bits per heavy atom. The van der Waals surface area contributed by atoms with E-state index in [0.29, 0.717) is 17.2 Å². The summed E-state index contributed by atoms with van der Waals surface area (Å²) in [6.45, 7) is 3.77. The smallest absolute Gasteiger partial charge is 0.303 e. The molecule has 1 unspecified atom stereocenters. The molecule has 0 spiro atoms. The van der Waals surface area contributed by atoms with Crippen LogP contribution in [0.15, 0.2) is 18.2 Å². The first-order valence-electron chi connectivity index (χ1n) is 6.06. The lowest BCUT2D eigenvalue weighted by atomic mass is 9.81. The highest BCUT2D eigenvalue weighted by atomic mass is 35.5. The van der Waals surface area contributed by atoms with Crippen LogP contribution in [0.1, 0.15) is 38.3 Å². The van der Waals surface area contributed by atoms with Gasteiger partial charge in [0, 0.05) is 16.6 Å². The molecule has 3 N–H and O–H groups in total. The Morgan fingerprint density at radius 3 is 2.68 bits per heavy atom. The fourth-order valence-corrected chi connectivity index (χ4v) is 2.36. The van der Waals surface area contributed by atoms with Crippen LogP contribution in [-0.4, -0.2) is 18.2 Å². The highest BCUT2D eigenvalue weighted by molar-refractivity contribution is 6.30. The molecule has 0 heterocycles. The van der Waals surface area contributed by atoms with E-state index in [1.54, 1.807) is 25.3 Å². The monoisotopic (exact) mass is 285 g/mol. The van der Waals surface area contributed by atoms with Crippen molar-refractivity contribution in [2.24, 2.45) is 11.1 Å². The van der Waals surface area contributed by atoms with Crippen molar-refractivity contribution >= 4 is 17.6 Å². The predicted octanol–water partition coefficient (Wildman–Crippen LogP) is 3.24. The standard InChI is InChI=1S/C14H20ClNO3/c1-14(2,8-13(17)18)7-11(16)10-6-9(15)4-5-12(10)19-3/h4-6,11H,7-8,16H2,1-3H3,(H,17,18). The lowest BCUT2D eigenvalue weighted by Crippen LogP contribution is -2.24. The number of carboxylic acids is 1. The van der Waals surface area contributed by atoms with Gasteiger partial charge < -0.3 is 15.6 Å².